The minimum absolute atomic E-state index is 0.0184. The fourth-order valence-electron chi connectivity index (χ4n) is 2.81. The normalized spacial score (nSPS) is 12.2. The van der Waals surface area contributed by atoms with Crippen LogP contribution in [0.3, 0.4) is 0 Å². The van der Waals surface area contributed by atoms with Gasteiger partial charge in [0.2, 0.25) is 0 Å². The summed E-state index contributed by atoms with van der Waals surface area (Å²) >= 11 is 0. The zero-order valence-electron chi connectivity index (χ0n) is 12.8. The van der Waals surface area contributed by atoms with Crippen molar-refractivity contribution in [2.45, 2.75) is 33.2 Å². The van der Waals surface area contributed by atoms with Gasteiger partial charge in [0.15, 0.2) is 0 Å². The number of benzene rings is 1. The van der Waals surface area contributed by atoms with Crippen LogP contribution in [0.25, 0.3) is 10.9 Å². The van der Waals surface area contributed by atoms with Gasteiger partial charge in [0.25, 0.3) is 0 Å². The van der Waals surface area contributed by atoms with Crippen LogP contribution in [-0.4, -0.2) is 22.8 Å². The maximum Gasteiger partial charge on any atom is 0.0499 e. The van der Waals surface area contributed by atoms with E-state index in [-0.39, 0.29) is 12.0 Å². The maximum absolute atomic E-state index is 9.61. The highest BCUT2D eigenvalue weighted by Gasteiger charge is 2.24. The van der Waals surface area contributed by atoms with Crippen LogP contribution in [0.15, 0.2) is 30.5 Å². The fourth-order valence-corrected chi connectivity index (χ4v) is 2.81. The van der Waals surface area contributed by atoms with Gasteiger partial charge in [-0.05, 0) is 24.5 Å². The molecule has 0 saturated heterocycles. The maximum atomic E-state index is 9.61. The minimum atomic E-state index is 0.0184. The Morgan fingerprint density at radius 3 is 2.55 bits per heavy atom. The van der Waals surface area contributed by atoms with Gasteiger partial charge in [-0.25, -0.2) is 0 Å². The predicted octanol–water partition coefficient (Wildman–Crippen LogP) is 3.07. The summed E-state index contributed by atoms with van der Waals surface area (Å²) < 4.78 is 2.17. The van der Waals surface area contributed by atoms with Gasteiger partial charge < -0.3 is 15.0 Å². The second-order valence-corrected chi connectivity index (χ2v) is 5.75. The molecule has 0 fully saturated rings. The van der Waals surface area contributed by atoms with E-state index in [4.69, 9.17) is 0 Å². The van der Waals surface area contributed by atoms with Crippen LogP contribution in [-0.2, 0) is 13.6 Å². The summed E-state index contributed by atoms with van der Waals surface area (Å²) in [5, 5.41) is 14.4. The van der Waals surface area contributed by atoms with E-state index in [1.807, 2.05) is 0 Å². The summed E-state index contributed by atoms with van der Waals surface area (Å²) in [6.07, 6.45) is 4.20. The van der Waals surface area contributed by atoms with E-state index in [1.165, 1.54) is 16.5 Å². The molecule has 0 amide bonds. The van der Waals surface area contributed by atoms with E-state index in [9.17, 15) is 5.11 Å². The van der Waals surface area contributed by atoms with E-state index in [2.05, 4.69) is 61.2 Å². The van der Waals surface area contributed by atoms with E-state index < -0.39 is 0 Å². The third-order valence-corrected chi connectivity index (χ3v) is 4.63. The molecule has 1 heterocycles. The van der Waals surface area contributed by atoms with Gasteiger partial charge in [-0.15, -0.1) is 0 Å². The molecule has 20 heavy (non-hydrogen) atoms. The zero-order valence-corrected chi connectivity index (χ0v) is 12.8. The van der Waals surface area contributed by atoms with Crippen molar-refractivity contribution in [1.29, 1.82) is 0 Å². The number of hydrogen-bond donors (Lipinski definition) is 2. The number of nitrogens with zero attached hydrogens (tertiary/aromatic N) is 1. The average Bonchev–Trinajstić information content (AvgIpc) is 2.81. The molecule has 2 rings (SSSR count). The van der Waals surface area contributed by atoms with Crippen LogP contribution in [0.4, 0.5) is 0 Å². The first-order valence-corrected chi connectivity index (χ1v) is 7.50. The van der Waals surface area contributed by atoms with Gasteiger partial charge in [0.05, 0.1) is 0 Å². The van der Waals surface area contributed by atoms with E-state index in [0.29, 0.717) is 0 Å². The van der Waals surface area contributed by atoms with Crippen molar-refractivity contribution < 1.29 is 5.11 Å². The minimum Gasteiger partial charge on any atom is -0.396 e. The van der Waals surface area contributed by atoms with E-state index in [1.54, 1.807) is 0 Å². The Labute approximate surface area is 121 Å². The molecular formula is C17H26N2O. The molecule has 2 N–H and O–H groups in total. The van der Waals surface area contributed by atoms with Crippen LogP contribution in [0.2, 0.25) is 0 Å². The summed E-state index contributed by atoms with van der Waals surface area (Å²) in [6, 6.07) is 8.48. The molecule has 0 radical (unpaired) electrons. The van der Waals surface area contributed by atoms with Gasteiger partial charge in [-0.1, -0.05) is 32.0 Å². The third-order valence-electron chi connectivity index (χ3n) is 4.63. The third kappa shape index (κ3) is 2.89. The SMILES string of the molecule is CCC(CC)(CO)CNCc1cn(C)c2ccccc12. The first kappa shape index (κ1) is 15.1. The van der Waals surface area contributed by atoms with Gasteiger partial charge in [-0.3, -0.25) is 0 Å². The van der Waals surface area contributed by atoms with Crippen molar-refractivity contribution in [3.8, 4) is 0 Å². The van der Waals surface area contributed by atoms with Crippen molar-refractivity contribution >= 4 is 10.9 Å². The number of aryl methyl sites for hydroxylation is 1. The molecule has 3 nitrogen and oxygen atoms in total. The van der Waals surface area contributed by atoms with Crippen molar-refractivity contribution in [1.82, 2.24) is 9.88 Å². The van der Waals surface area contributed by atoms with E-state index >= 15 is 0 Å². The van der Waals surface area contributed by atoms with Crippen LogP contribution < -0.4 is 5.32 Å². The number of hydrogen-bond acceptors (Lipinski definition) is 2. The average molecular weight is 274 g/mol. The monoisotopic (exact) mass is 274 g/mol. The first-order chi connectivity index (χ1) is 9.65. The Morgan fingerprint density at radius 2 is 1.90 bits per heavy atom. The zero-order chi connectivity index (χ0) is 14.6. The topological polar surface area (TPSA) is 37.2 Å². The number of aliphatic hydroxyl groups excluding tert-OH is 1. The summed E-state index contributed by atoms with van der Waals surface area (Å²) in [6.45, 7) is 6.27. The van der Waals surface area contributed by atoms with Crippen molar-refractivity contribution in [2.75, 3.05) is 13.2 Å². The summed E-state index contributed by atoms with van der Waals surface area (Å²) in [5.41, 5.74) is 2.61. The van der Waals surface area contributed by atoms with Gasteiger partial charge >= 0.3 is 0 Å². The molecule has 0 bridgehead atoms. The molecule has 0 aliphatic heterocycles. The second-order valence-electron chi connectivity index (χ2n) is 5.75. The van der Waals surface area contributed by atoms with Crippen LogP contribution in [0.5, 0.6) is 0 Å². The lowest BCUT2D eigenvalue weighted by atomic mass is 9.83. The fraction of sp³-hybridized carbons (Fsp3) is 0.529. The van der Waals surface area contributed by atoms with Crippen molar-refractivity contribution in [2.24, 2.45) is 12.5 Å². The number of aromatic nitrogens is 1. The van der Waals surface area contributed by atoms with Gasteiger partial charge in [0, 0.05) is 49.3 Å². The predicted molar refractivity (Wildman–Crippen MR) is 84.7 cm³/mol. The lowest BCUT2D eigenvalue weighted by Crippen LogP contribution is -2.36. The molecular weight excluding hydrogens is 248 g/mol. The van der Waals surface area contributed by atoms with Gasteiger partial charge in [-0.2, -0.15) is 0 Å². The lowest BCUT2D eigenvalue weighted by Gasteiger charge is -2.29. The van der Waals surface area contributed by atoms with Gasteiger partial charge in [0.1, 0.15) is 0 Å². The molecule has 110 valence electrons. The molecule has 0 unspecified atom stereocenters. The Kier molecular flexibility index (Phi) is 4.84. The highest BCUT2D eigenvalue weighted by molar-refractivity contribution is 5.83. The van der Waals surface area contributed by atoms with Crippen LogP contribution >= 0.6 is 0 Å². The Hall–Kier alpha value is -1.32. The lowest BCUT2D eigenvalue weighted by molar-refractivity contribution is 0.113. The Bertz CT molecular complexity index is 547. The number of para-hydroxylation sites is 1. The van der Waals surface area contributed by atoms with Crippen LogP contribution in [0, 0.1) is 5.41 Å². The van der Waals surface area contributed by atoms with E-state index in [0.717, 1.165) is 25.9 Å². The Balaban J connectivity index is 2.06. The molecule has 0 spiro atoms. The van der Waals surface area contributed by atoms with Crippen LogP contribution in [0.1, 0.15) is 32.3 Å². The molecule has 1 aromatic carbocycles. The Morgan fingerprint density at radius 1 is 1.20 bits per heavy atom. The second kappa shape index (κ2) is 6.42. The molecule has 0 aliphatic rings. The summed E-state index contributed by atoms with van der Waals surface area (Å²) in [7, 11) is 2.09. The molecule has 1 aromatic heterocycles. The number of fused-ring (bicyclic) bond motifs is 1. The highest BCUT2D eigenvalue weighted by atomic mass is 16.3. The number of nitrogens with one attached hydrogen (secondary N) is 1. The van der Waals surface area contributed by atoms with Crippen molar-refractivity contribution in [3.05, 3.63) is 36.0 Å². The summed E-state index contributed by atoms with van der Waals surface area (Å²) in [4.78, 5) is 0. The molecule has 0 atom stereocenters. The summed E-state index contributed by atoms with van der Waals surface area (Å²) in [5.74, 6) is 0. The quantitative estimate of drug-likeness (QED) is 0.814. The number of rotatable bonds is 7. The van der Waals surface area contributed by atoms with Crippen molar-refractivity contribution in [3.63, 3.8) is 0 Å². The first-order valence-electron chi connectivity index (χ1n) is 7.50. The largest absolute Gasteiger partial charge is 0.396 e. The highest BCUT2D eigenvalue weighted by Crippen LogP contribution is 2.25. The number of aliphatic hydroxyl groups is 1. The standard InChI is InChI=1S/C17H26N2O/c1-4-17(5-2,13-20)12-18-10-14-11-19(3)16-9-7-6-8-15(14)16/h6-9,11,18,20H,4-5,10,12-13H2,1-3H3. The smallest absolute Gasteiger partial charge is 0.0499 e. The molecule has 2 aromatic rings. The molecule has 3 heteroatoms. The molecule has 0 saturated carbocycles. The molecule has 0 aliphatic carbocycles.